The van der Waals surface area contributed by atoms with Gasteiger partial charge in [-0.05, 0) is 20.8 Å². The van der Waals surface area contributed by atoms with Gasteiger partial charge in [-0.15, -0.1) is 11.3 Å². The summed E-state index contributed by atoms with van der Waals surface area (Å²) >= 11 is 1.66. The molecule has 3 rings (SSSR count). The fourth-order valence-corrected chi connectivity index (χ4v) is 3.71. The first-order valence-electron chi connectivity index (χ1n) is 6.98. The van der Waals surface area contributed by atoms with Crippen molar-refractivity contribution in [1.82, 2.24) is 14.7 Å². The van der Waals surface area contributed by atoms with E-state index in [2.05, 4.69) is 27.0 Å². The lowest BCUT2D eigenvalue weighted by Gasteiger charge is -2.26. The quantitative estimate of drug-likeness (QED) is 0.900. The summed E-state index contributed by atoms with van der Waals surface area (Å²) in [5, 5.41) is 16.0. The fraction of sp³-hybridized carbons (Fsp3) is 0.643. The van der Waals surface area contributed by atoms with Crippen molar-refractivity contribution >= 4 is 16.3 Å². The summed E-state index contributed by atoms with van der Waals surface area (Å²) in [5.41, 5.74) is 2.68. The van der Waals surface area contributed by atoms with Crippen LogP contribution in [0.3, 0.4) is 0 Å². The molecule has 0 bridgehead atoms. The van der Waals surface area contributed by atoms with Crippen molar-refractivity contribution in [1.29, 1.82) is 0 Å². The number of hydrogen-bond acceptors (Lipinski definition) is 5. The van der Waals surface area contributed by atoms with Gasteiger partial charge in [0.1, 0.15) is 5.60 Å². The highest BCUT2D eigenvalue weighted by Gasteiger charge is 2.39. The molecule has 0 radical (unpaired) electrons. The van der Waals surface area contributed by atoms with Crippen molar-refractivity contribution in [3.63, 3.8) is 0 Å². The number of fused-ring (bicyclic) bond motifs is 1. The van der Waals surface area contributed by atoms with E-state index in [9.17, 15) is 5.11 Å². The molecule has 2 aromatic heterocycles. The van der Waals surface area contributed by atoms with Gasteiger partial charge < -0.3 is 15.2 Å². The Hall–Kier alpha value is -0.950. The second-order valence-electron chi connectivity index (χ2n) is 5.61. The molecule has 3 heterocycles. The third-order valence-corrected chi connectivity index (χ3v) is 5.16. The van der Waals surface area contributed by atoms with Crippen LogP contribution in [0.15, 0.2) is 5.38 Å². The second kappa shape index (κ2) is 5.11. The second-order valence-corrected chi connectivity index (χ2v) is 6.45. The molecule has 1 aliphatic rings. The monoisotopic (exact) mass is 295 g/mol. The standard InChI is InChI=1S/C14H21N3O2S/c1-9-7-20-13-16-10(2)12(17(9)13)6-15-8-14(18)4-5-19-11(14)3/h7,11,15,18H,4-6,8H2,1-3H3. The van der Waals surface area contributed by atoms with Crippen LogP contribution in [0, 0.1) is 13.8 Å². The molecule has 110 valence electrons. The molecule has 0 amide bonds. The lowest BCUT2D eigenvalue weighted by molar-refractivity contribution is -0.0263. The molecule has 5 nitrogen and oxygen atoms in total. The van der Waals surface area contributed by atoms with Gasteiger partial charge in [-0.2, -0.15) is 0 Å². The maximum Gasteiger partial charge on any atom is 0.194 e. The first kappa shape index (κ1) is 14.0. The zero-order valence-electron chi connectivity index (χ0n) is 12.1. The normalized spacial score (nSPS) is 26.7. The minimum Gasteiger partial charge on any atom is -0.386 e. The molecule has 0 spiro atoms. The Morgan fingerprint density at radius 3 is 3.10 bits per heavy atom. The van der Waals surface area contributed by atoms with E-state index in [1.165, 1.54) is 11.4 Å². The van der Waals surface area contributed by atoms with E-state index in [1.807, 2.05) is 13.8 Å². The lowest BCUT2D eigenvalue weighted by Crippen LogP contribution is -2.45. The number of thiazole rings is 1. The van der Waals surface area contributed by atoms with E-state index in [-0.39, 0.29) is 6.10 Å². The van der Waals surface area contributed by atoms with E-state index in [0.717, 1.165) is 10.7 Å². The Morgan fingerprint density at radius 1 is 1.60 bits per heavy atom. The maximum atomic E-state index is 10.5. The molecule has 2 unspecified atom stereocenters. The molecule has 2 N–H and O–H groups in total. The van der Waals surface area contributed by atoms with Gasteiger partial charge in [0.2, 0.25) is 0 Å². The predicted molar refractivity (Wildman–Crippen MR) is 79.2 cm³/mol. The van der Waals surface area contributed by atoms with E-state index in [4.69, 9.17) is 4.74 Å². The van der Waals surface area contributed by atoms with Crippen molar-refractivity contribution in [2.45, 2.75) is 45.4 Å². The molecular formula is C14H21N3O2S. The molecule has 0 aliphatic carbocycles. The summed E-state index contributed by atoms with van der Waals surface area (Å²) in [7, 11) is 0. The summed E-state index contributed by atoms with van der Waals surface area (Å²) in [6.07, 6.45) is 0.587. The Kier molecular flexibility index (Phi) is 3.58. The molecule has 1 aliphatic heterocycles. The van der Waals surface area contributed by atoms with Crippen LogP contribution in [0.1, 0.15) is 30.4 Å². The molecule has 0 saturated carbocycles. The van der Waals surface area contributed by atoms with Crippen molar-refractivity contribution in [2.75, 3.05) is 13.2 Å². The highest BCUT2D eigenvalue weighted by molar-refractivity contribution is 7.15. The summed E-state index contributed by atoms with van der Waals surface area (Å²) < 4.78 is 7.64. The zero-order chi connectivity index (χ0) is 14.3. The molecule has 2 atom stereocenters. The summed E-state index contributed by atoms with van der Waals surface area (Å²) in [6, 6.07) is 0. The van der Waals surface area contributed by atoms with E-state index in [1.54, 1.807) is 11.3 Å². The van der Waals surface area contributed by atoms with Gasteiger partial charge in [-0.1, -0.05) is 0 Å². The summed E-state index contributed by atoms with van der Waals surface area (Å²) in [5.74, 6) is 0. The first-order chi connectivity index (χ1) is 9.51. The van der Waals surface area contributed by atoms with Crippen LogP contribution in [0.2, 0.25) is 0 Å². The topological polar surface area (TPSA) is 58.8 Å². The largest absolute Gasteiger partial charge is 0.386 e. The smallest absolute Gasteiger partial charge is 0.194 e. The van der Waals surface area contributed by atoms with Crippen LogP contribution >= 0.6 is 11.3 Å². The number of aliphatic hydroxyl groups is 1. The number of nitrogens with one attached hydrogen (secondary N) is 1. The van der Waals surface area contributed by atoms with Crippen LogP contribution in [0.4, 0.5) is 0 Å². The Labute approximate surface area is 122 Å². The van der Waals surface area contributed by atoms with E-state index >= 15 is 0 Å². The lowest BCUT2D eigenvalue weighted by atomic mass is 9.97. The molecule has 1 fully saturated rings. The van der Waals surface area contributed by atoms with Crippen LogP contribution in [-0.2, 0) is 11.3 Å². The van der Waals surface area contributed by atoms with Crippen LogP contribution < -0.4 is 5.32 Å². The van der Waals surface area contributed by atoms with Gasteiger partial charge in [-0.3, -0.25) is 4.40 Å². The number of aromatic nitrogens is 2. The van der Waals surface area contributed by atoms with Gasteiger partial charge in [-0.25, -0.2) is 4.98 Å². The average molecular weight is 295 g/mol. The number of imidazole rings is 1. The van der Waals surface area contributed by atoms with E-state index < -0.39 is 5.60 Å². The van der Waals surface area contributed by atoms with Gasteiger partial charge in [0.15, 0.2) is 4.96 Å². The highest BCUT2D eigenvalue weighted by Crippen LogP contribution is 2.25. The fourth-order valence-electron chi connectivity index (χ4n) is 2.78. The Morgan fingerprint density at radius 2 is 2.40 bits per heavy atom. The molecule has 2 aromatic rings. The molecule has 1 saturated heterocycles. The summed E-state index contributed by atoms with van der Waals surface area (Å²) in [4.78, 5) is 5.61. The average Bonchev–Trinajstić information content (AvgIpc) is 3.01. The minimum atomic E-state index is -0.749. The predicted octanol–water partition coefficient (Wildman–Crippen LogP) is 1.64. The molecule has 6 heteroatoms. The van der Waals surface area contributed by atoms with Crippen LogP contribution in [0.5, 0.6) is 0 Å². The first-order valence-corrected chi connectivity index (χ1v) is 7.86. The van der Waals surface area contributed by atoms with Gasteiger partial charge in [0.25, 0.3) is 0 Å². The van der Waals surface area contributed by atoms with Crippen LogP contribution in [-0.4, -0.2) is 39.3 Å². The number of nitrogens with zero attached hydrogens (tertiary/aromatic N) is 2. The van der Waals surface area contributed by atoms with Crippen LogP contribution in [0.25, 0.3) is 4.96 Å². The molecule has 20 heavy (non-hydrogen) atoms. The zero-order valence-corrected chi connectivity index (χ0v) is 13.0. The van der Waals surface area contributed by atoms with Crippen molar-refractivity contribution < 1.29 is 9.84 Å². The molecule has 0 aromatic carbocycles. The minimum absolute atomic E-state index is 0.107. The third-order valence-electron chi connectivity index (χ3n) is 4.21. The SMILES string of the molecule is Cc1nc2scc(C)n2c1CNCC1(O)CCOC1C. The van der Waals surface area contributed by atoms with Gasteiger partial charge >= 0.3 is 0 Å². The number of aryl methyl sites for hydroxylation is 2. The van der Waals surface area contributed by atoms with Gasteiger partial charge in [0, 0.05) is 37.2 Å². The Bertz CT molecular complexity index is 621. The van der Waals surface area contributed by atoms with Crippen molar-refractivity contribution in [2.24, 2.45) is 0 Å². The van der Waals surface area contributed by atoms with Gasteiger partial charge in [0.05, 0.1) is 17.5 Å². The highest BCUT2D eigenvalue weighted by atomic mass is 32.1. The Balaban J connectivity index is 1.71. The molecular weight excluding hydrogens is 274 g/mol. The van der Waals surface area contributed by atoms with Crippen molar-refractivity contribution in [3.8, 4) is 0 Å². The number of ether oxygens (including phenoxy) is 1. The summed E-state index contributed by atoms with van der Waals surface area (Å²) in [6.45, 7) is 7.95. The van der Waals surface area contributed by atoms with Crippen molar-refractivity contribution in [3.05, 3.63) is 22.5 Å². The number of rotatable bonds is 4. The maximum absolute atomic E-state index is 10.5. The van der Waals surface area contributed by atoms with E-state index in [0.29, 0.717) is 26.1 Å². The third kappa shape index (κ3) is 2.26. The number of hydrogen-bond donors (Lipinski definition) is 2.